The summed E-state index contributed by atoms with van der Waals surface area (Å²) in [5, 5.41) is 3.69. The maximum Gasteiger partial charge on any atom is 0.441 e. The smallest absolute Gasteiger partial charge is 0.381 e. The van der Waals surface area contributed by atoms with Gasteiger partial charge in [-0.2, -0.15) is 0 Å². The molecule has 2 rings (SSSR count). The third-order valence-corrected chi connectivity index (χ3v) is 2.13. The molecule has 0 bridgehead atoms. The zero-order valence-corrected chi connectivity index (χ0v) is 6.82. The molecule has 2 heterocycles. The number of hydrogen-bond acceptors (Lipinski definition) is 4. The molecular weight excluding hydrogens is 160 g/mol. The van der Waals surface area contributed by atoms with E-state index in [4.69, 9.17) is 4.74 Å². The Balaban J connectivity index is 2.32. The minimum atomic E-state index is -0.406. The van der Waals surface area contributed by atoms with Gasteiger partial charge < -0.3 is 4.74 Å². The normalized spacial score (nSPS) is 23.2. The van der Waals surface area contributed by atoms with Crippen LogP contribution in [0.15, 0.2) is 9.32 Å². The van der Waals surface area contributed by atoms with Crippen molar-refractivity contribution >= 4 is 0 Å². The van der Waals surface area contributed by atoms with Crippen molar-refractivity contribution in [1.29, 1.82) is 0 Å². The van der Waals surface area contributed by atoms with Crippen molar-refractivity contribution in [3.8, 4) is 0 Å². The fourth-order valence-electron chi connectivity index (χ4n) is 1.39. The summed E-state index contributed by atoms with van der Waals surface area (Å²) in [6.45, 7) is 1.38. The minimum absolute atomic E-state index is 0.224. The van der Waals surface area contributed by atoms with Gasteiger partial charge in [0.1, 0.15) is 0 Å². The molecule has 0 amide bonds. The summed E-state index contributed by atoms with van der Waals surface area (Å²) in [5.41, 5.74) is 0. The number of hydrogen-bond donors (Lipinski definition) is 0. The van der Waals surface area contributed by atoms with Crippen LogP contribution in [0.25, 0.3) is 0 Å². The second kappa shape index (κ2) is 2.75. The van der Waals surface area contributed by atoms with Gasteiger partial charge in [-0.05, 0) is 6.42 Å². The lowest BCUT2D eigenvalue weighted by atomic mass is 10.1. The Hall–Kier alpha value is -1.10. The summed E-state index contributed by atoms with van der Waals surface area (Å²) < 4.78 is 11.1. The molecule has 5 heteroatoms. The molecule has 0 spiro atoms. The molecule has 1 aliphatic heterocycles. The third kappa shape index (κ3) is 1.06. The van der Waals surface area contributed by atoms with Gasteiger partial charge in [0.15, 0.2) is 5.82 Å². The Morgan fingerprint density at radius 2 is 2.50 bits per heavy atom. The molecule has 5 nitrogen and oxygen atoms in total. The molecule has 0 N–H and O–H groups in total. The van der Waals surface area contributed by atoms with Crippen molar-refractivity contribution in [2.24, 2.45) is 7.05 Å². The van der Waals surface area contributed by atoms with Gasteiger partial charge >= 0.3 is 5.76 Å². The predicted molar refractivity (Wildman–Crippen MR) is 39.9 cm³/mol. The zero-order valence-electron chi connectivity index (χ0n) is 6.82. The first kappa shape index (κ1) is 7.54. The van der Waals surface area contributed by atoms with Crippen LogP contribution >= 0.6 is 0 Å². The van der Waals surface area contributed by atoms with Crippen molar-refractivity contribution in [2.75, 3.05) is 13.2 Å². The molecule has 0 aromatic carbocycles. The number of nitrogens with zero attached hydrogens (tertiary/aromatic N) is 2. The molecule has 66 valence electrons. The summed E-state index contributed by atoms with van der Waals surface area (Å²) in [4.78, 5) is 10.9. The quantitative estimate of drug-likeness (QED) is 0.589. The molecule has 1 atom stereocenters. The van der Waals surface area contributed by atoms with E-state index in [0.717, 1.165) is 13.0 Å². The van der Waals surface area contributed by atoms with Crippen LogP contribution in [-0.2, 0) is 11.8 Å². The Bertz CT molecular complexity index is 322. The van der Waals surface area contributed by atoms with Crippen LogP contribution in [0.5, 0.6) is 0 Å². The van der Waals surface area contributed by atoms with E-state index in [2.05, 4.69) is 9.68 Å². The van der Waals surface area contributed by atoms with E-state index in [1.165, 1.54) is 4.57 Å². The first-order valence-electron chi connectivity index (χ1n) is 3.89. The molecular formula is C7H10N2O3. The molecule has 1 fully saturated rings. The number of aromatic nitrogens is 2. The van der Waals surface area contributed by atoms with E-state index in [9.17, 15) is 4.79 Å². The van der Waals surface area contributed by atoms with E-state index in [-0.39, 0.29) is 5.92 Å². The average molecular weight is 170 g/mol. The zero-order chi connectivity index (χ0) is 8.55. The number of rotatable bonds is 1. The fraction of sp³-hybridized carbons (Fsp3) is 0.714. The Morgan fingerprint density at radius 1 is 1.67 bits per heavy atom. The van der Waals surface area contributed by atoms with Crippen LogP contribution < -0.4 is 5.76 Å². The standard InChI is InChI=1S/C7H10N2O3/c1-9-6(8-12-7(9)10)5-2-3-11-4-5/h5H,2-4H2,1H3. The van der Waals surface area contributed by atoms with Gasteiger partial charge in [-0.25, -0.2) is 4.79 Å². The summed E-state index contributed by atoms with van der Waals surface area (Å²) in [7, 11) is 1.66. The lowest BCUT2D eigenvalue weighted by Gasteiger charge is -2.02. The highest BCUT2D eigenvalue weighted by Gasteiger charge is 2.23. The van der Waals surface area contributed by atoms with Crippen LogP contribution in [-0.4, -0.2) is 22.9 Å². The average Bonchev–Trinajstić information content (AvgIpc) is 2.64. The van der Waals surface area contributed by atoms with Crippen LogP contribution in [0.4, 0.5) is 0 Å². The van der Waals surface area contributed by atoms with Crippen LogP contribution in [0.3, 0.4) is 0 Å². The lowest BCUT2D eigenvalue weighted by Crippen LogP contribution is -2.15. The molecule has 1 unspecified atom stereocenters. The summed E-state index contributed by atoms with van der Waals surface area (Å²) in [5.74, 6) is 0.510. The monoisotopic (exact) mass is 170 g/mol. The second-order valence-corrected chi connectivity index (χ2v) is 2.93. The van der Waals surface area contributed by atoms with Gasteiger partial charge in [0.2, 0.25) is 0 Å². The van der Waals surface area contributed by atoms with Crippen molar-refractivity contribution < 1.29 is 9.26 Å². The van der Waals surface area contributed by atoms with Crippen LogP contribution in [0, 0.1) is 0 Å². The number of ether oxygens (including phenoxy) is 1. The molecule has 1 aliphatic rings. The molecule has 1 aromatic rings. The van der Waals surface area contributed by atoms with Crippen molar-refractivity contribution in [3.63, 3.8) is 0 Å². The molecule has 1 saturated heterocycles. The Kier molecular flexibility index (Phi) is 1.73. The molecule has 0 radical (unpaired) electrons. The maximum absolute atomic E-state index is 10.9. The summed E-state index contributed by atoms with van der Waals surface area (Å²) >= 11 is 0. The van der Waals surface area contributed by atoms with E-state index >= 15 is 0 Å². The highest BCUT2D eigenvalue weighted by Crippen LogP contribution is 2.21. The van der Waals surface area contributed by atoms with E-state index < -0.39 is 5.76 Å². The van der Waals surface area contributed by atoms with Gasteiger partial charge in [-0.15, -0.1) is 0 Å². The maximum atomic E-state index is 10.9. The van der Waals surface area contributed by atoms with Crippen LogP contribution in [0.2, 0.25) is 0 Å². The predicted octanol–water partition coefficient (Wildman–Crippen LogP) is -0.123. The molecule has 0 saturated carbocycles. The highest BCUT2D eigenvalue weighted by molar-refractivity contribution is 4.96. The summed E-state index contributed by atoms with van der Waals surface area (Å²) in [6, 6.07) is 0. The van der Waals surface area contributed by atoms with Gasteiger partial charge in [0.25, 0.3) is 0 Å². The lowest BCUT2D eigenvalue weighted by molar-refractivity contribution is 0.192. The second-order valence-electron chi connectivity index (χ2n) is 2.93. The first-order chi connectivity index (χ1) is 5.79. The first-order valence-corrected chi connectivity index (χ1v) is 3.89. The molecule has 12 heavy (non-hydrogen) atoms. The molecule has 1 aromatic heterocycles. The van der Waals surface area contributed by atoms with Gasteiger partial charge in [0, 0.05) is 19.6 Å². The van der Waals surface area contributed by atoms with E-state index in [1.807, 2.05) is 0 Å². The minimum Gasteiger partial charge on any atom is -0.381 e. The van der Waals surface area contributed by atoms with Gasteiger partial charge in [-0.1, -0.05) is 5.16 Å². The van der Waals surface area contributed by atoms with Gasteiger partial charge in [0.05, 0.1) is 6.61 Å². The fourth-order valence-corrected chi connectivity index (χ4v) is 1.39. The SMILES string of the molecule is Cn1c(C2CCOC2)noc1=O. The third-order valence-electron chi connectivity index (χ3n) is 2.13. The highest BCUT2D eigenvalue weighted by atomic mass is 16.5. The van der Waals surface area contributed by atoms with E-state index in [0.29, 0.717) is 12.4 Å². The topological polar surface area (TPSA) is 57.3 Å². The van der Waals surface area contributed by atoms with Crippen molar-refractivity contribution in [1.82, 2.24) is 9.72 Å². The van der Waals surface area contributed by atoms with Gasteiger partial charge in [-0.3, -0.25) is 9.09 Å². The van der Waals surface area contributed by atoms with E-state index in [1.54, 1.807) is 7.05 Å². The Morgan fingerprint density at radius 3 is 3.00 bits per heavy atom. The largest absolute Gasteiger partial charge is 0.441 e. The van der Waals surface area contributed by atoms with Crippen molar-refractivity contribution in [3.05, 3.63) is 16.4 Å². The summed E-state index contributed by atoms with van der Waals surface area (Å²) in [6.07, 6.45) is 0.916. The van der Waals surface area contributed by atoms with Crippen LogP contribution in [0.1, 0.15) is 18.2 Å². The van der Waals surface area contributed by atoms with Crippen molar-refractivity contribution in [2.45, 2.75) is 12.3 Å². The molecule has 0 aliphatic carbocycles. The Labute approximate surface area is 68.9 Å².